The lowest BCUT2D eigenvalue weighted by Gasteiger charge is -2.08. The van der Waals surface area contributed by atoms with Crippen LogP contribution >= 0.6 is 11.8 Å². The van der Waals surface area contributed by atoms with E-state index in [0.717, 1.165) is 12.1 Å². The molecule has 0 saturated carbocycles. The molecule has 104 valence electrons. The smallest absolute Gasteiger partial charge is 0.159 e. The van der Waals surface area contributed by atoms with Crippen LogP contribution in [-0.4, -0.2) is 5.84 Å². The maximum Gasteiger partial charge on any atom is 0.159 e. The largest absolute Gasteiger partial charge is 0.384 e. The van der Waals surface area contributed by atoms with E-state index >= 15 is 0 Å². The number of amidine groups is 1. The first-order chi connectivity index (χ1) is 9.47. The first kappa shape index (κ1) is 14.5. The minimum Gasteiger partial charge on any atom is -0.384 e. The van der Waals surface area contributed by atoms with E-state index < -0.39 is 17.5 Å². The molecule has 0 aliphatic rings. The molecule has 6 heteroatoms. The van der Waals surface area contributed by atoms with Crippen LogP contribution in [0.4, 0.5) is 13.2 Å². The van der Waals surface area contributed by atoms with Crippen LogP contribution in [-0.2, 0) is 5.75 Å². The van der Waals surface area contributed by atoms with E-state index in [1.165, 1.54) is 36.0 Å². The minimum absolute atomic E-state index is 0.231. The van der Waals surface area contributed by atoms with Crippen molar-refractivity contribution in [1.29, 1.82) is 5.41 Å². The zero-order valence-corrected chi connectivity index (χ0v) is 11.1. The molecule has 0 atom stereocenters. The first-order valence-electron chi connectivity index (χ1n) is 5.68. The van der Waals surface area contributed by atoms with Gasteiger partial charge in [0.1, 0.15) is 11.7 Å². The summed E-state index contributed by atoms with van der Waals surface area (Å²) in [5, 5.41) is 7.41. The van der Waals surface area contributed by atoms with Crippen molar-refractivity contribution in [3.8, 4) is 0 Å². The molecule has 2 rings (SSSR count). The summed E-state index contributed by atoms with van der Waals surface area (Å²) in [4.78, 5) is 0.544. The first-order valence-corrected chi connectivity index (χ1v) is 6.66. The van der Waals surface area contributed by atoms with Crippen LogP contribution in [0.5, 0.6) is 0 Å². The van der Waals surface area contributed by atoms with E-state index in [1.807, 2.05) is 0 Å². The third-order valence-corrected chi connectivity index (χ3v) is 3.69. The van der Waals surface area contributed by atoms with Gasteiger partial charge in [-0.05, 0) is 35.9 Å². The number of halogens is 3. The van der Waals surface area contributed by atoms with Gasteiger partial charge in [-0.3, -0.25) is 5.41 Å². The topological polar surface area (TPSA) is 49.9 Å². The van der Waals surface area contributed by atoms with E-state index in [4.69, 9.17) is 11.1 Å². The molecule has 0 radical (unpaired) electrons. The highest BCUT2D eigenvalue weighted by atomic mass is 32.2. The second-order valence-electron chi connectivity index (χ2n) is 4.08. The third kappa shape index (κ3) is 3.33. The average molecular weight is 296 g/mol. The molecule has 0 spiro atoms. The summed E-state index contributed by atoms with van der Waals surface area (Å²) in [7, 11) is 0. The monoisotopic (exact) mass is 296 g/mol. The highest BCUT2D eigenvalue weighted by Gasteiger charge is 2.09. The van der Waals surface area contributed by atoms with E-state index in [-0.39, 0.29) is 5.84 Å². The Balaban J connectivity index is 2.18. The molecule has 2 aromatic rings. The third-order valence-electron chi connectivity index (χ3n) is 2.65. The molecule has 0 heterocycles. The summed E-state index contributed by atoms with van der Waals surface area (Å²) in [6.07, 6.45) is 0. The lowest BCUT2D eigenvalue weighted by Crippen LogP contribution is -2.13. The number of hydrogen-bond donors (Lipinski definition) is 2. The van der Waals surface area contributed by atoms with E-state index in [2.05, 4.69) is 0 Å². The van der Waals surface area contributed by atoms with Gasteiger partial charge in [-0.1, -0.05) is 6.07 Å². The Hall–Kier alpha value is -1.95. The Labute approximate surface area is 118 Å². The predicted molar refractivity (Wildman–Crippen MR) is 73.3 cm³/mol. The van der Waals surface area contributed by atoms with Crippen molar-refractivity contribution < 1.29 is 13.2 Å². The van der Waals surface area contributed by atoms with Crippen LogP contribution in [0, 0.1) is 22.9 Å². The van der Waals surface area contributed by atoms with E-state index in [0.29, 0.717) is 21.8 Å². The molecule has 0 aliphatic carbocycles. The SMILES string of the molecule is N=C(N)c1cc(F)ccc1CSc1ccc(F)c(F)c1. The summed E-state index contributed by atoms with van der Waals surface area (Å²) < 4.78 is 39.0. The van der Waals surface area contributed by atoms with Crippen LogP contribution in [0.2, 0.25) is 0 Å². The maximum absolute atomic E-state index is 13.1. The molecule has 3 N–H and O–H groups in total. The number of nitrogens with one attached hydrogen (secondary N) is 1. The predicted octanol–water partition coefficient (Wildman–Crippen LogP) is 3.68. The van der Waals surface area contributed by atoms with Gasteiger partial charge in [-0.2, -0.15) is 0 Å². The van der Waals surface area contributed by atoms with Crippen molar-refractivity contribution in [3.63, 3.8) is 0 Å². The molecule has 0 fully saturated rings. The van der Waals surface area contributed by atoms with E-state index in [9.17, 15) is 13.2 Å². The lowest BCUT2D eigenvalue weighted by atomic mass is 10.1. The van der Waals surface area contributed by atoms with Crippen molar-refractivity contribution in [2.75, 3.05) is 0 Å². The summed E-state index contributed by atoms with van der Waals surface area (Å²) in [5.74, 6) is -2.15. The van der Waals surface area contributed by atoms with Gasteiger partial charge in [-0.15, -0.1) is 11.8 Å². The molecule has 0 bridgehead atoms. The van der Waals surface area contributed by atoms with Crippen molar-refractivity contribution in [3.05, 3.63) is 65.0 Å². The van der Waals surface area contributed by atoms with Gasteiger partial charge in [0.05, 0.1) is 0 Å². The number of hydrogen-bond acceptors (Lipinski definition) is 2. The van der Waals surface area contributed by atoms with Crippen molar-refractivity contribution in [2.24, 2.45) is 5.73 Å². The fraction of sp³-hybridized carbons (Fsp3) is 0.0714. The molecule has 0 aromatic heterocycles. The summed E-state index contributed by atoms with van der Waals surface area (Å²) in [6.45, 7) is 0. The number of nitrogens with two attached hydrogens (primary N) is 1. The standard InChI is InChI=1S/C14H11F3N2S/c15-9-2-1-8(11(5-9)14(18)19)7-20-10-3-4-12(16)13(17)6-10/h1-6H,7H2,(H3,18,19). The van der Waals surface area contributed by atoms with Gasteiger partial charge < -0.3 is 5.73 Å². The van der Waals surface area contributed by atoms with Crippen LogP contribution in [0.1, 0.15) is 11.1 Å². The Morgan fingerprint density at radius 2 is 1.80 bits per heavy atom. The molecular formula is C14H11F3N2S. The number of rotatable bonds is 4. The minimum atomic E-state index is -0.916. The Kier molecular flexibility index (Phi) is 4.34. The molecule has 0 aliphatic heterocycles. The molecular weight excluding hydrogens is 285 g/mol. The molecule has 2 aromatic carbocycles. The number of thioether (sulfide) groups is 1. The van der Waals surface area contributed by atoms with Crippen molar-refractivity contribution in [1.82, 2.24) is 0 Å². The molecule has 0 saturated heterocycles. The Morgan fingerprint density at radius 1 is 1.05 bits per heavy atom. The zero-order chi connectivity index (χ0) is 14.7. The molecule has 20 heavy (non-hydrogen) atoms. The lowest BCUT2D eigenvalue weighted by molar-refractivity contribution is 0.506. The Morgan fingerprint density at radius 3 is 2.45 bits per heavy atom. The van der Waals surface area contributed by atoms with Gasteiger partial charge in [-0.25, -0.2) is 13.2 Å². The average Bonchev–Trinajstić information content (AvgIpc) is 2.41. The quantitative estimate of drug-likeness (QED) is 0.513. The second-order valence-corrected chi connectivity index (χ2v) is 5.13. The maximum atomic E-state index is 13.1. The Bertz CT molecular complexity index is 659. The zero-order valence-electron chi connectivity index (χ0n) is 10.3. The highest BCUT2D eigenvalue weighted by Crippen LogP contribution is 2.26. The number of nitrogen functional groups attached to an aromatic ring is 1. The van der Waals surface area contributed by atoms with Crippen LogP contribution < -0.4 is 5.73 Å². The van der Waals surface area contributed by atoms with Gasteiger partial charge in [0.25, 0.3) is 0 Å². The van der Waals surface area contributed by atoms with Crippen molar-refractivity contribution in [2.45, 2.75) is 10.6 Å². The summed E-state index contributed by atoms with van der Waals surface area (Å²) in [6, 6.07) is 7.58. The van der Waals surface area contributed by atoms with Crippen molar-refractivity contribution >= 4 is 17.6 Å². The van der Waals surface area contributed by atoms with Gasteiger partial charge in [0.15, 0.2) is 11.6 Å². The molecule has 0 unspecified atom stereocenters. The van der Waals surface area contributed by atoms with Gasteiger partial charge in [0, 0.05) is 16.2 Å². The summed E-state index contributed by atoms with van der Waals surface area (Å²) >= 11 is 1.25. The molecule has 2 nitrogen and oxygen atoms in total. The molecule has 0 amide bonds. The van der Waals surface area contributed by atoms with Gasteiger partial charge >= 0.3 is 0 Å². The highest BCUT2D eigenvalue weighted by molar-refractivity contribution is 7.98. The normalized spacial score (nSPS) is 10.6. The second kappa shape index (κ2) is 6.00. The van der Waals surface area contributed by atoms with Crippen LogP contribution in [0.15, 0.2) is 41.3 Å². The fourth-order valence-electron chi connectivity index (χ4n) is 1.65. The van der Waals surface area contributed by atoms with E-state index in [1.54, 1.807) is 0 Å². The summed E-state index contributed by atoms with van der Waals surface area (Å²) in [5.41, 5.74) is 6.36. The van der Waals surface area contributed by atoms with Gasteiger partial charge in [0.2, 0.25) is 0 Å². The van der Waals surface area contributed by atoms with Crippen LogP contribution in [0.3, 0.4) is 0 Å². The fourth-order valence-corrected chi connectivity index (χ4v) is 2.58. The number of benzene rings is 2. The van der Waals surface area contributed by atoms with Crippen LogP contribution in [0.25, 0.3) is 0 Å².